The second kappa shape index (κ2) is 4.13. The van der Waals surface area contributed by atoms with Gasteiger partial charge in [0.1, 0.15) is 6.04 Å². The highest BCUT2D eigenvalue weighted by Crippen LogP contribution is 2.48. The molecule has 1 spiro atoms. The molecule has 1 amide bonds. The maximum atomic E-state index is 12.4. The molecule has 1 aliphatic carbocycles. The summed E-state index contributed by atoms with van der Waals surface area (Å²) >= 11 is 0. The maximum Gasteiger partial charge on any atom is 0.471 e. The van der Waals surface area contributed by atoms with Gasteiger partial charge in [-0.25, -0.2) is 4.79 Å². The van der Waals surface area contributed by atoms with Crippen LogP contribution in [0, 0.1) is 5.41 Å². The largest absolute Gasteiger partial charge is 0.480 e. The predicted molar refractivity (Wildman–Crippen MR) is 54.7 cm³/mol. The van der Waals surface area contributed by atoms with E-state index >= 15 is 0 Å². The summed E-state index contributed by atoms with van der Waals surface area (Å²) < 4.78 is 37.3. The Labute approximate surface area is 102 Å². The van der Waals surface area contributed by atoms with Gasteiger partial charge in [-0.1, -0.05) is 12.8 Å². The fourth-order valence-corrected chi connectivity index (χ4v) is 3.14. The SMILES string of the molecule is O=C(O)C1CC2(CCCC2)CN1C(=O)C(F)(F)F. The average molecular weight is 265 g/mol. The van der Waals surface area contributed by atoms with E-state index in [1.807, 2.05) is 0 Å². The highest BCUT2D eigenvalue weighted by Gasteiger charge is 2.55. The van der Waals surface area contributed by atoms with Crippen molar-refractivity contribution >= 4 is 11.9 Å². The van der Waals surface area contributed by atoms with Crippen molar-refractivity contribution in [1.82, 2.24) is 4.90 Å². The van der Waals surface area contributed by atoms with Crippen LogP contribution in [0.2, 0.25) is 0 Å². The molecule has 1 unspecified atom stereocenters. The molecule has 0 aromatic heterocycles. The number of halogens is 3. The van der Waals surface area contributed by atoms with E-state index in [0.717, 1.165) is 12.8 Å². The van der Waals surface area contributed by atoms with Crippen LogP contribution in [0.1, 0.15) is 32.1 Å². The molecule has 2 rings (SSSR count). The van der Waals surface area contributed by atoms with Gasteiger partial charge in [0.05, 0.1) is 0 Å². The van der Waals surface area contributed by atoms with Crippen LogP contribution in [-0.4, -0.2) is 40.6 Å². The number of rotatable bonds is 1. The Hall–Kier alpha value is -1.27. The summed E-state index contributed by atoms with van der Waals surface area (Å²) in [6, 6.07) is -1.34. The van der Waals surface area contributed by atoms with Gasteiger partial charge in [0.2, 0.25) is 0 Å². The van der Waals surface area contributed by atoms with Gasteiger partial charge in [-0.05, 0) is 24.7 Å². The van der Waals surface area contributed by atoms with Crippen LogP contribution < -0.4 is 0 Å². The van der Waals surface area contributed by atoms with Crippen molar-refractivity contribution in [3.8, 4) is 0 Å². The zero-order valence-electron chi connectivity index (χ0n) is 9.66. The molecule has 1 heterocycles. The van der Waals surface area contributed by atoms with E-state index in [1.54, 1.807) is 0 Å². The summed E-state index contributed by atoms with van der Waals surface area (Å²) in [5, 5.41) is 8.98. The average Bonchev–Trinajstić information content (AvgIpc) is 2.84. The summed E-state index contributed by atoms with van der Waals surface area (Å²) in [4.78, 5) is 22.8. The Morgan fingerprint density at radius 2 is 1.78 bits per heavy atom. The lowest BCUT2D eigenvalue weighted by Crippen LogP contribution is -2.47. The van der Waals surface area contributed by atoms with Gasteiger partial charge in [-0.15, -0.1) is 0 Å². The molecule has 1 N–H and O–H groups in total. The highest BCUT2D eigenvalue weighted by atomic mass is 19.4. The number of alkyl halides is 3. The van der Waals surface area contributed by atoms with Crippen LogP contribution >= 0.6 is 0 Å². The minimum absolute atomic E-state index is 0.0810. The lowest BCUT2D eigenvalue weighted by Gasteiger charge is -2.24. The molecule has 1 saturated carbocycles. The molecule has 0 radical (unpaired) electrons. The van der Waals surface area contributed by atoms with Crippen molar-refractivity contribution in [3.05, 3.63) is 0 Å². The summed E-state index contributed by atoms with van der Waals surface area (Å²) in [7, 11) is 0. The summed E-state index contributed by atoms with van der Waals surface area (Å²) in [5.41, 5.74) is -0.413. The van der Waals surface area contributed by atoms with Gasteiger partial charge >= 0.3 is 18.1 Å². The second-order valence-electron chi connectivity index (χ2n) is 5.20. The molecule has 18 heavy (non-hydrogen) atoms. The minimum Gasteiger partial charge on any atom is -0.480 e. The van der Waals surface area contributed by atoms with Crippen LogP contribution in [0.3, 0.4) is 0 Å². The fraction of sp³-hybridized carbons (Fsp3) is 0.818. The third-order valence-corrected chi connectivity index (χ3v) is 3.96. The number of hydrogen-bond acceptors (Lipinski definition) is 2. The molecule has 1 saturated heterocycles. The van der Waals surface area contributed by atoms with Gasteiger partial charge in [0.15, 0.2) is 0 Å². The fourth-order valence-electron chi connectivity index (χ4n) is 3.14. The minimum atomic E-state index is -5.00. The number of likely N-dealkylation sites (tertiary alicyclic amines) is 1. The predicted octanol–water partition coefficient (Wildman–Crippen LogP) is 1.79. The number of carbonyl (C=O) groups is 2. The summed E-state index contributed by atoms with van der Waals surface area (Å²) in [6.07, 6.45) is -1.67. The number of amides is 1. The third kappa shape index (κ3) is 2.18. The molecule has 2 fully saturated rings. The Morgan fingerprint density at radius 1 is 1.22 bits per heavy atom. The molecule has 0 aromatic rings. The van der Waals surface area contributed by atoms with E-state index in [9.17, 15) is 22.8 Å². The molecule has 102 valence electrons. The van der Waals surface area contributed by atoms with Crippen molar-refractivity contribution in [1.29, 1.82) is 0 Å². The molecular formula is C11H14F3NO3. The molecule has 7 heteroatoms. The summed E-state index contributed by atoms with van der Waals surface area (Å²) in [6.45, 7) is -0.0810. The van der Waals surface area contributed by atoms with Crippen molar-refractivity contribution in [2.24, 2.45) is 5.41 Å². The number of hydrogen-bond donors (Lipinski definition) is 1. The van der Waals surface area contributed by atoms with E-state index in [0.29, 0.717) is 17.7 Å². The summed E-state index contributed by atoms with van der Waals surface area (Å²) in [5.74, 6) is -3.38. The molecular weight excluding hydrogens is 251 g/mol. The smallest absolute Gasteiger partial charge is 0.471 e. The molecule has 2 aliphatic rings. The van der Waals surface area contributed by atoms with Crippen LogP contribution in [-0.2, 0) is 9.59 Å². The number of carboxylic acids is 1. The highest BCUT2D eigenvalue weighted by molar-refractivity contribution is 5.87. The molecule has 1 aliphatic heterocycles. The Morgan fingerprint density at radius 3 is 2.22 bits per heavy atom. The van der Waals surface area contributed by atoms with E-state index in [-0.39, 0.29) is 13.0 Å². The van der Waals surface area contributed by atoms with Crippen LogP contribution in [0.25, 0.3) is 0 Å². The van der Waals surface area contributed by atoms with E-state index in [4.69, 9.17) is 5.11 Å². The van der Waals surface area contributed by atoms with Crippen molar-refractivity contribution in [3.63, 3.8) is 0 Å². The van der Waals surface area contributed by atoms with Crippen molar-refractivity contribution in [2.75, 3.05) is 6.54 Å². The molecule has 4 nitrogen and oxygen atoms in total. The zero-order valence-corrected chi connectivity index (χ0v) is 9.66. The normalized spacial score (nSPS) is 26.8. The first kappa shape index (κ1) is 13.2. The third-order valence-electron chi connectivity index (χ3n) is 3.96. The van der Waals surface area contributed by atoms with E-state index in [2.05, 4.69) is 0 Å². The van der Waals surface area contributed by atoms with Crippen molar-refractivity contribution in [2.45, 2.75) is 44.3 Å². The Kier molecular flexibility index (Phi) is 3.03. The van der Waals surface area contributed by atoms with Crippen LogP contribution in [0.15, 0.2) is 0 Å². The quantitative estimate of drug-likeness (QED) is 0.786. The van der Waals surface area contributed by atoms with Gasteiger partial charge in [0.25, 0.3) is 0 Å². The van der Waals surface area contributed by atoms with Crippen LogP contribution in [0.5, 0.6) is 0 Å². The topological polar surface area (TPSA) is 57.6 Å². The molecule has 0 aromatic carbocycles. The number of nitrogens with zero attached hydrogens (tertiary/aromatic N) is 1. The van der Waals surface area contributed by atoms with Crippen molar-refractivity contribution < 1.29 is 27.9 Å². The first-order valence-corrected chi connectivity index (χ1v) is 5.86. The van der Waals surface area contributed by atoms with Gasteiger partial charge < -0.3 is 10.0 Å². The zero-order chi connectivity index (χ0) is 13.6. The van der Waals surface area contributed by atoms with Gasteiger partial charge in [-0.3, -0.25) is 4.79 Å². The van der Waals surface area contributed by atoms with E-state index in [1.165, 1.54) is 0 Å². The maximum absolute atomic E-state index is 12.4. The van der Waals surface area contributed by atoms with Gasteiger partial charge in [-0.2, -0.15) is 13.2 Å². The monoisotopic (exact) mass is 265 g/mol. The molecule has 0 bridgehead atoms. The van der Waals surface area contributed by atoms with Gasteiger partial charge in [0, 0.05) is 6.54 Å². The first-order chi connectivity index (χ1) is 8.25. The molecule has 1 atom stereocenters. The second-order valence-corrected chi connectivity index (χ2v) is 5.20. The lowest BCUT2D eigenvalue weighted by molar-refractivity contribution is -0.188. The number of carbonyl (C=O) groups excluding carboxylic acids is 1. The first-order valence-electron chi connectivity index (χ1n) is 5.86. The number of carboxylic acid groups (broad SMARTS) is 1. The lowest BCUT2D eigenvalue weighted by atomic mass is 9.84. The van der Waals surface area contributed by atoms with Crippen LogP contribution in [0.4, 0.5) is 13.2 Å². The standard InChI is InChI=1S/C11H14F3NO3/c12-11(13,14)9(18)15-6-10(3-1-2-4-10)5-7(15)8(16)17/h7H,1-6H2,(H,16,17). The Balaban J connectivity index is 2.22. The van der Waals surface area contributed by atoms with E-state index < -0.39 is 29.5 Å². The Bertz CT molecular complexity index is 374. The number of aliphatic carboxylic acids is 1.